The molecule has 0 radical (unpaired) electrons. The summed E-state index contributed by atoms with van der Waals surface area (Å²) in [5.41, 5.74) is 8.88. The molecular weight excluding hydrogens is 350 g/mol. The SMILES string of the molecule is CN1CCC[C@H](C(=N)n2cc(O[C@@H]3CC[C@H](N)c4ccccc43)ccc2=N)C1. The number of fused-ring (bicyclic) bond motifs is 1. The standard InChI is InChI=1S/C22H29N5O/c1-26-12-4-5-15(13-26)22(25)27-14-16(8-11-21(27)24)28-20-10-9-19(23)17-6-2-3-7-18(17)20/h2-3,6-8,11,14-15,19-20,24-25H,4-5,9-10,12-13,23H2,1H3/t15-,19-,20+/m0/s1. The van der Waals surface area contributed by atoms with Crippen molar-refractivity contribution in [3.05, 3.63) is 59.2 Å². The normalized spacial score (nSPS) is 25.1. The van der Waals surface area contributed by atoms with Gasteiger partial charge in [0, 0.05) is 18.5 Å². The van der Waals surface area contributed by atoms with Crippen LogP contribution >= 0.6 is 0 Å². The third-order valence-electron chi connectivity index (χ3n) is 5.95. The molecule has 2 heterocycles. The van der Waals surface area contributed by atoms with E-state index in [4.69, 9.17) is 21.3 Å². The molecule has 1 aromatic heterocycles. The number of benzene rings is 1. The summed E-state index contributed by atoms with van der Waals surface area (Å²) < 4.78 is 7.98. The van der Waals surface area contributed by atoms with Crippen molar-refractivity contribution in [2.45, 2.75) is 37.8 Å². The minimum Gasteiger partial charge on any atom is -0.484 e. The van der Waals surface area contributed by atoms with Crippen molar-refractivity contribution in [2.24, 2.45) is 11.7 Å². The van der Waals surface area contributed by atoms with Crippen molar-refractivity contribution in [3.8, 4) is 5.75 Å². The Balaban J connectivity index is 1.57. The van der Waals surface area contributed by atoms with E-state index in [-0.39, 0.29) is 18.1 Å². The van der Waals surface area contributed by atoms with Gasteiger partial charge in [0.25, 0.3) is 0 Å². The van der Waals surface area contributed by atoms with Crippen molar-refractivity contribution in [2.75, 3.05) is 20.1 Å². The Morgan fingerprint density at radius 2 is 1.89 bits per heavy atom. The van der Waals surface area contributed by atoms with Gasteiger partial charge in [-0.25, -0.2) is 0 Å². The maximum atomic E-state index is 8.66. The number of nitrogens with one attached hydrogen (secondary N) is 2. The zero-order valence-electron chi connectivity index (χ0n) is 16.4. The van der Waals surface area contributed by atoms with E-state index < -0.39 is 0 Å². The maximum absolute atomic E-state index is 8.66. The van der Waals surface area contributed by atoms with Gasteiger partial charge in [-0.1, -0.05) is 24.3 Å². The molecule has 6 heteroatoms. The fourth-order valence-electron chi connectivity index (χ4n) is 4.41. The summed E-state index contributed by atoms with van der Waals surface area (Å²) in [6.45, 7) is 1.94. The number of rotatable bonds is 3. The molecule has 3 atom stereocenters. The van der Waals surface area contributed by atoms with Crippen LogP contribution in [0.1, 0.15) is 49.0 Å². The van der Waals surface area contributed by atoms with Crippen LogP contribution in [0.2, 0.25) is 0 Å². The predicted molar refractivity (Wildman–Crippen MR) is 110 cm³/mol. The van der Waals surface area contributed by atoms with Crippen molar-refractivity contribution in [1.29, 1.82) is 10.8 Å². The van der Waals surface area contributed by atoms with Gasteiger partial charge in [0.2, 0.25) is 0 Å². The van der Waals surface area contributed by atoms with E-state index in [0.717, 1.165) is 49.9 Å². The highest BCUT2D eigenvalue weighted by atomic mass is 16.5. The van der Waals surface area contributed by atoms with E-state index in [1.807, 2.05) is 18.2 Å². The number of likely N-dealkylation sites (tertiary alicyclic amines) is 1. The first-order valence-corrected chi connectivity index (χ1v) is 10.1. The van der Waals surface area contributed by atoms with Gasteiger partial charge in [-0.15, -0.1) is 0 Å². The molecule has 1 saturated heterocycles. The van der Waals surface area contributed by atoms with Gasteiger partial charge < -0.3 is 15.4 Å². The van der Waals surface area contributed by atoms with Crippen molar-refractivity contribution >= 4 is 5.84 Å². The second-order valence-electron chi connectivity index (χ2n) is 8.03. The summed E-state index contributed by atoms with van der Waals surface area (Å²) in [5.74, 6) is 1.32. The second-order valence-corrected chi connectivity index (χ2v) is 8.03. The molecule has 28 heavy (non-hydrogen) atoms. The highest BCUT2D eigenvalue weighted by molar-refractivity contribution is 5.84. The zero-order valence-corrected chi connectivity index (χ0v) is 16.4. The first kappa shape index (κ1) is 18.9. The summed E-state index contributed by atoms with van der Waals surface area (Å²) in [4.78, 5) is 2.26. The molecule has 6 nitrogen and oxygen atoms in total. The van der Waals surface area contributed by atoms with Gasteiger partial charge in [-0.2, -0.15) is 0 Å². The first-order valence-electron chi connectivity index (χ1n) is 10.1. The van der Waals surface area contributed by atoms with Crippen LogP contribution in [-0.4, -0.2) is 35.4 Å². The third-order valence-corrected chi connectivity index (χ3v) is 5.95. The van der Waals surface area contributed by atoms with Gasteiger partial charge in [0.05, 0.1) is 6.20 Å². The van der Waals surface area contributed by atoms with Crippen LogP contribution in [0.25, 0.3) is 0 Å². The Morgan fingerprint density at radius 3 is 2.68 bits per heavy atom. The average Bonchev–Trinajstić information content (AvgIpc) is 2.71. The molecule has 148 valence electrons. The molecule has 2 aromatic rings. The first-order chi connectivity index (χ1) is 13.5. The average molecular weight is 380 g/mol. The van der Waals surface area contributed by atoms with Gasteiger partial charge in [0.15, 0.2) is 0 Å². The molecule has 4 rings (SSSR count). The topological polar surface area (TPSA) is 91.1 Å². The number of nitrogens with zero attached hydrogens (tertiary/aromatic N) is 2. The minimum atomic E-state index is -0.0453. The largest absolute Gasteiger partial charge is 0.484 e. The number of nitrogens with two attached hydrogens (primary N) is 1. The zero-order chi connectivity index (χ0) is 19.7. The molecule has 2 aliphatic rings. The van der Waals surface area contributed by atoms with Crippen LogP contribution in [0.3, 0.4) is 0 Å². The lowest BCUT2D eigenvalue weighted by atomic mass is 9.86. The van der Waals surface area contributed by atoms with Gasteiger partial charge in [-0.05, 0) is 62.5 Å². The lowest BCUT2D eigenvalue weighted by molar-refractivity contribution is 0.176. The van der Waals surface area contributed by atoms with Crippen LogP contribution in [0.15, 0.2) is 42.6 Å². The summed E-state index contributed by atoms with van der Waals surface area (Å²) >= 11 is 0. The summed E-state index contributed by atoms with van der Waals surface area (Å²) in [7, 11) is 2.09. The number of hydrogen-bond donors (Lipinski definition) is 3. The Kier molecular flexibility index (Phi) is 5.33. The molecular formula is C22H29N5O. The number of hydrogen-bond acceptors (Lipinski definition) is 5. The van der Waals surface area contributed by atoms with Crippen molar-refractivity contribution in [1.82, 2.24) is 9.47 Å². The van der Waals surface area contributed by atoms with E-state index in [1.165, 1.54) is 0 Å². The van der Waals surface area contributed by atoms with E-state index in [2.05, 4.69) is 24.1 Å². The van der Waals surface area contributed by atoms with Crippen LogP contribution in [0.5, 0.6) is 5.75 Å². The van der Waals surface area contributed by atoms with E-state index in [9.17, 15) is 0 Å². The second kappa shape index (κ2) is 7.89. The monoisotopic (exact) mass is 379 g/mol. The van der Waals surface area contributed by atoms with Gasteiger partial charge in [-0.3, -0.25) is 15.4 Å². The third kappa shape index (κ3) is 3.75. The predicted octanol–water partition coefficient (Wildman–Crippen LogP) is 3.05. The lowest BCUT2D eigenvalue weighted by Gasteiger charge is -2.31. The Bertz CT molecular complexity index is 921. The van der Waals surface area contributed by atoms with Crippen LogP contribution in [-0.2, 0) is 0 Å². The molecule has 0 unspecified atom stereocenters. The van der Waals surface area contributed by atoms with Crippen LogP contribution in [0, 0.1) is 16.7 Å². The Morgan fingerprint density at radius 1 is 1.11 bits per heavy atom. The fraction of sp³-hybridized carbons (Fsp3) is 0.455. The smallest absolute Gasteiger partial charge is 0.137 e. The quantitative estimate of drug-likeness (QED) is 0.565. The summed E-state index contributed by atoms with van der Waals surface area (Å²) in [6, 6.07) is 11.8. The fourth-order valence-corrected chi connectivity index (χ4v) is 4.41. The molecule has 4 N–H and O–H groups in total. The number of ether oxygens (including phenoxy) is 1. The highest BCUT2D eigenvalue weighted by Gasteiger charge is 2.27. The number of piperidine rings is 1. The van der Waals surface area contributed by atoms with E-state index >= 15 is 0 Å². The molecule has 0 spiro atoms. The molecule has 0 bridgehead atoms. The van der Waals surface area contributed by atoms with Gasteiger partial charge >= 0.3 is 0 Å². The Labute approximate surface area is 166 Å². The van der Waals surface area contributed by atoms with Crippen LogP contribution < -0.4 is 16.0 Å². The highest BCUT2D eigenvalue weighted by Crippen LogP contribution is 2.37. The lowest BCUT2D eigenvalue weighted by Crippen LogP contribution is -2.40. The van der Waals surface area contributed by atoms with Crippen LogP contribution in [0.4, 0.5) is 0 Å². The molecule has 1 aliphatic heterocycles. The van der Waals surface area contributed by atoms with Crippen molar-refractivity contribution in [3.63, 3.8) is 0 Å². The minimum absolute atomic E-state index is 0.0453. The van der Waals surface area contributed by atoms with Gasteiger partial charge in [0.1, 0.15) is 23.2 Å². The molecule has 1 aromatic carbocycles. The summed E-state index contributed by atoms with van der Waals surface area (Å²) in [6.07, 6.45) is 5.60. The maximum Gasteiger partial charge on any atom is 0.137 e. The summed E-state index contributed by atoms with van der Waals surface area (Å²) in [5, 5.41) is 16.9. The van der Waals surface area contributed by atoms with E-state index in [1.54, 1.807) is 16.8 Å². The molecule has 0 amide bonds. The number of pyridine rings is 1. The van der Waals surface area contributed by atoms with E-state index in [0.29, 0.717) is 17.1 Å². The molecule has 1 aliphatic carbocycles. The molecule has 0 saturated carbocycles. The number of aromatic nitrogens is 1. The Hall–Kier alpha value is -2.44. The molecule has 1 fully saturated rings. The van der Waals surface area contributed by atoms with Crippen molar-refractivity contribution < 1.29 is 4.74 Å².